The summed E-state index contributed by atoms with van der Waals surface area (Å²) in [6.45, 7) is 0. The standard InChI is InChI=1S/C13H9BrF2N2O2/c14-7-3-1-2-4-9(7)17-13(20)18-10-6-5-8(15)11(16)12(10)19/h1-6,19H,(H2,17,18,20). The van der Waals surface area contributed by atoms with E-state index in [0.717, 1.165) is 12.1 Å². The number of carbonyl (C=O) groups is 1. The van der Waals surface area contributed by atoms with Gasteiger partial charge in [0.1, 0.15) is 0 Å². The highest BCUT2D eigenvalue weighted by molar-refractivity contribution is 9.10. The lowest BCUT2D eigenvalue weighted by molar-refractivity contribution is 0.262. The lowest BCUT2D eigenvalue weighted by Crippen LogP contribution is -2.19. The van der Waals surface area contributed by atoms with Crippen LogP contribution in [0.5, 0.6) is 5.75 Å². The molecule has 0 aliphatic rings. The van der Waals surface area contributed by atoms with Crippen LogP contribution < -0.4 is 10.6 Å². The van der Waals surface area contributed by atoms with Gasteiger partial charge in [0.15, 0.2) is 11.6 Å². The second-order valence-electron chi connectivity index (χ2n) is 3.82. The molecule has 0 unspecified atom stereocenters. The Bertz CT molecular complexity index is 665. The lowest BCUT2D eigenvalue weighted by Gasteiger charge is -2.10. The number of carbonyl (C=O) groups excluding carboxylic acids is 1. The van der Waals surface area contributed by atoms with Crippen LogP contribution in [-0.4, -0.2) is 11.1 Å². The van der Waals surface area contributed by atoms with Crippen molar-refractivity contribution < 1.29 is 18.7 Å². The van der Waals surface area contributed by atoms with E-state index in [1.807, 2.05) is 0 Å². The highest BCUT2D eigenvalue weighted by atomic mass is 79.9. The number of anilines is 2. The van der Waals surface area contributed by atoms with Crippen LogP contribution in [0, 0.1) is 11.6 Å². The molecule has 2 aromatic carbocycles. The summed E-state index contributed by atoms with van der Waals surface area (Å²) >= 11 is 3.24. The molecule has 0 saturated heterocycles. The van der Waals surface area contributed by atoms with Crippen molar-refractivity contribution in [3.05, 3.63) is 52.5 Å². The Hall–Kier alpha value is -2.15. The van der Waals surface area contributed by atoms with E-state index in [1.165, 1.54) is 0 Å². The number of phenols is 1. The molecular formula is C13H9BrF2N2O2. The van der Waals surface area contributed by atoms with E-state index in [1.54, 1.807) is 24.3 Å². The Balaban J connectivity index is 2.13. The van der Waals surface area contributed by atoms with Gasteiger partial charge in [0.05, 0.1) is 11.4 Å². The van der Waals surface area contributed by atoms with Crippen LogP contribution in [0.3, 0.4) is 0 Å². The van der Waals surface area contributed by atoms with Gasteiger partial charge in [-0.2, -0.15) is 4.39 Å². The fourth-order valence-electron chi connectivity index (χ4n) is 1.48. The fraction of sp³-hybridized carbons (Fsp3) is 0. The number of phenolic OH excluding ortho intramolecular Hbond substituents is 1. The third-order valence-electron chi connectivity index (χ3n) is 2.44. The number of halogens is 3. The molecule has 7 heteroatoms. The summed E-state index contributed by atoms with van der Waals surface area (Å²) in [4.78, 5) is 11.7. The Kier molecular flexibility index (Phi) is 4.19. The first-order chi connectivity index (χ1) is 9.49. The van der Waals surface area contributed by atoms with Gasteiger partial charge in [-0.15, -0.1) is 0 Å². The van der Waals surface area contributed by atoms with Crippen molar-refractivity contribution in [2.45, 2.75) is 0 Å². The van der Waals surface area contributed by atoms with Crippen LogP contribution in [0.2, 0.25) is 0 Å². The SMILES string of the molecule is O=C(Nc1ccccc1Br)Nc1ccc(F)c(F)c1O. The fourth-order valence-corrected chi connectivity index (χ4v) is 1.86. The van der Waals surface area contributed by atoms with Gasteiger partial charge in [-0.05, 0) is 40.2 Å². The third kappa shape index (κ3) is 3.05. The summed E-state index contributed by atoms with van der Waals surface area (Å²) < 4.78 is 26.6. The summed E-state index contributed by atoms with van der Waals surface area (Å²) in [7, 11) is 0. The number of para-hydroxylation sites is 1. The normalized spacial score (nSPS) is 10.2. The minimum atomic E-state index is -1.41. The van der Waals surface area contributed by atoms with Crippen LogP contribution in [0.4, 0.5) is 25.0 Å². The first-order valence-electron chi connectivity index (χ1n) is 5.48. The number of amides is 2. The number of benzene rings is 2. The van der Waals surface area contributed by atoms with Crippen molar-refractivity contribution >= 4 is 33.3 Å². The summed E-state index contributed by atoms with van der Waals surface area (Å²) in [6, 6.07) is 8.04. The van der Waals surface area contributed by atoms with E-state index >= 15 is 0 Å². The van der Waals surface area contributed by atoms with Crippen molar-refractivity contribution in [3.63, 3.8) is 0 Å². The van der Waals surface area contributed by atoms with Crippen molar-refractivity contribution in [1.82, 2.24) is 0 Å². The molecule has 0 radical (unpaired) electrons. The number of hydrogen-bond acceptors (Lipinski definition) is 2. The highest BCUT2D eigenvalue weighted by Crippen LogP contribution is 2.28. The van der Waals surface area contributed by atoms with Gasteiger partial charge < -0.3 is 15.7 Å². The van der Waals surface area contributed by atoms with E-state index in [-0.39, 0.29) is 5.69 Å². The zero-order valence-electron chi connectivity index (χ0n) is 9.95. The molecule has 2 aromatic rings. The minimum absolute atomic E-state index is 0.228. The van der Waals surface area contributed by atoms with Gasteiger partial charge in [-0.1, -0.05) is 12.1 Å². The second kappa shape index (κ2) is 5.87. The molecule has 104 valence electrons. The molecule has 0 aliphatic carbocycles. The average Bonchev–Trinajstić information content (AvgIpc) is 2.42. The number of rotatable bonds is 2. The molecule has 0 aliphatic heterocycles. The highest BCUT2D eigenvalue weighted by Gasteiger charge is 2.14. The molecular weight excluding hydrogens is 334 g/mol. The second-order valence-corrected chi connectivity index (χ2v) is 4.67. The van der Waals surface area contributed by atoms with Crippen molar-refractivity contribution in [2.24, 2.45) is 0 Å². The van der Waals surface area contributed by atoms with E-state index in [4.69, 9.17) is 0 Å². The zero-order chi connectivity index (χ0) is 14.7. The first kappa shape index (κ1) is 14.3. The number of hydrogen-bond donors (Lipinski definition) is 3. The summed E-state index contributed by atoms with van der Waals surface area (Å²) in [6.07, 6.45) is 0. The maximum Gasteiger partial charge on any atom is 0.323 e. The smallest absolute Gasteiger partial charge is 0.323 e. The monoisotopic (exact) mass is 342 g/mol. The van der Waals surface area contributed by atoms with Gasteiger partial charge in [-0.3, -0.25) is 0 Å². The molecule has 3 N–H and O–H groups in total. The molecule has 0 fully saturated rings. The largest absolute Gasteiger partial charge is 0.503 e. The van der Waals surface area contributed by atoms with Crippen molar-refractivity contribution in [1.29, 1.82) is 0 Å². The van der Waals surface area contributed by atoms with Crippen LogP contribution in [0.15, 0.2) is 40.9 Å². The number of urea groups is 1. The molecule has 0 aromatic heterocycles. The Morgan fingerprint density at radius 2 is 1.70 bits per heavy atom. The Morgan fingerprint density at radius 3 is 2.40 bits per heavy atom. The maximum absolute atomic E-state index is 13.1. The van der Waals surface area contributed by atoms with E-state index < -0.39 is 23.4 Å². The minimum Gasteiger partial charge on any atom is -0.503 e. The predicted molar refractivity (Wildman–Crippen MR) is 74.8 cm³/mol. The molecule has 0 atom stereocenters. The third-order valence-corrected chi connectivity index (χ3v) is 3.13. The van der Waals surface area contributed by atoms with Crippen LogP contribution in [-0.2, 0) is 0 Å². The zero-order valence-corrected chi connectivity index (χ0v) is 11.5. The quantitative estimate of drug-likeness (QED) is 0.720. The van der Waals surface area contributed by atoms with Gasteiger partial charge in [0.25, 0.3) is 0 Å². The summed E-state index contributed by atoms with van der Waals surface area (Å²) in [5.74, 6) is -3.56. The topological polar surface area (TPSA) is 61.4 Å². The number of aromatic hydroxyl groups is 1. The average molecular weight is 343 g/mol. The predicted octanol–water partition coefficient (Wildman–Crippen LogP) is 4.08. The van der Waals surface area contributed by atoms with Crippen LogP contribution in [0.1, 0.15) is 0 Å². The summed E-state index contributed by atoms with van der Waals surface area (Å²) in [5.41, 5.74) is 0.264. The molecule has 2 amide bonds. The van der Waals surface area contributed by atoms with Crippen molar-refractivity contribution in [3.8, 4) is 5.75 Å². The molecule has 0 heterocycles. The van der Waals surface area contributed by atoms with E-state index in [9.17, 15) is 18.7 Å². The van der Waals surface area contributed by atoms with Gasteiger partial charge in [0.2, 0.25) is 5.82 Å². The van der Waals surface area contributed by atoms with E-state index in [2.05, 4.69) is 26.6 Å². The number of nitrogens with one attached hydrogen (secondary N) is 2. The first-order valence-corrected chi connectivity index (χ1v) is 6.28. The summed E-state index contributed by atoms with van der Waals surface area (Å²) in [5, 5.41) is 14.1. The molecule has 20 heavy (non-hydrogen) atoms. The van der Waals surface area contributed by atoms with Crippen LogP contribution in [0.25, 0.3) is 0 Å². The van der Waals surface area contributed by atoms with Crippen molar-refractivity contribution in [2.75, 3.05) is 10.6 Å². The Labute approximate surface area is 121 Å². The van der Waals surface area contributed by atoms with Gasteiger partial charge in [0, 0.05) is 4.47 Å². The molecule has 0 spiro atoms. The maximum atomic E-state index is 13.1. The van der Waals surface area contributed by atoms with Gasteiger partial charge in [-0.25, -0.2) is 9.18 Å². The van der Waals surface area contributed by atoms with Gasteiger partial charge >= 0.3 is 6.03 Å². The molecule has 0 bridgehead atoms. The Morgan fingerprint density at radius 1 is 1.05 bits per heavy atom. The molecule has 2 rings (SSSR count). The van der Waals surface area contributed by atoms with E-state index in [0.29, 0.717) is 10.2 Å². The lowest BCUT2D eigenvalue weighted by atomic mass is 10.2. The molecule has 0 saturated carbocycles. The molecule has 4 nitrogen and oxygen atoms in total. The van der Waals surface area contributed by atoms with Crippen LogP contribution >= 0.6 is 15.9 Å².